The van der Waals surface area contributed by atoms with Crippen LogP contribution in [0, 0.1) is 18.8 Å². The van der Waals surface area contributed by atoms with Crippen molar-refractivity contribution in [3.63, 3.8) is 0 Å². The molecule has 6 nitrogen and oxygen atoms in total. The molecule has 0 radical (unpaired) electrons. The van der Waals surface area contributed by atoms with E-state index in [0.29, 0.717) is 17.9 Å². The van der Waals surface area contributed by atoms with E-state index >= 15 is 0 Å². The number of imidazole rings is 1. The zero-order valence-electron chi connectivity index (χ0n) is 11.5. The molecule has 21 heavy (non-hydrogen) atoms. The Hall–Kier alpha value is -2.63. The van der Waals surface area contributed by atoms with E-state index in [1.165, 1.54) is 0 Å². The van der Waals surface area contributed by atoms with Gasteiger partial charge in [-0.3, -0.25) is 9.59 Å². The first-order valence-corrected chi connectivity index (χ1v) is 6.71. The highest BCUT2D eigenvalue weighted by molar-refractivity contribution is 6.00. The Morgan fingerprint density at radius 3 is 2.71 bits per heavy atom. The molecule has 1 saturated carbocycles. The summed E-state index contributed by atoms with van der Waals surface area (Å²) >= 11 is 0. The summed E-state index contributed by atoms with van der Waals surface area (Å²) in [6.07, 6.45) is 2.12. The van der Waals surface area contributed by atoms with Gasteiger partial charge in [0.25, 0.3) is 0 Å². The Kier molecular flexibility index (Phi) is 3.21. The third kappa shape index (κ3) is 2.65. The number of benzene rings is 1. The van der Waals surface area contributed by atoms with Gasteiger partial charge >= 0.3 is 5.97 Å². The number of aryl methyl sites for hydroxylation is 1. The maximum Gasteiger partial charge on any atom is 0.307 e. The van der Waals surface area contributed by atoms with Crippen LogP contribution in [-0.2, 0) is 9.59 Å². The summed E-state index contributed by atoms with van der Waals surface area (Å²) < 4.78 is 0. The number of nitrogens with zero attached hydrogens (tertiary/aromatic N) is 1. The topological polar surface area (TPSA) is 95.1 Å². The van der Waals surface area contributed by atoms with E-state index in [1.807, 2.05) is 25.1 Å². The van der Waals surface area contributed by atoms with Crippen molar-refractivity contribution in [1.29, 1.82) is 0 Å². The van der Waals surface area contributed by atoms with E-state index in [9.17, 15) is 9.59 Å². The highest BCUT2D eigenvalue weighted by Gasteiger charge is 2.48. The lowest BCUT2D eigenvalue weighted by molar-refractivity contribution is -0.139. The average Bonchev–Trinajstić information content (AvgIpc) is 3.16. The predicted octanol–water partition coefficient (Wildman–Crippen LogP) is 2.04. The SMILES string of the molecule is Cc1cnc(-c2ccccc2NC(=O)[C@@H]2C[C@H]2C(=O)O)[nH]1. The molecule has 6 heteroatoms. The second-order valence-corrected chi connectivity index (χ2v) is 5.24. The van der Waals surface area contributed by atoms with E-state index in [2.05, 4.69) is 15.3 Å². The zero-order chi connectivity index (χ0) is 15.0. The second kappa shape index (κ2) is 5.05. The van der Waals surface area contributed by atoms with E-state index in [-0.39, 0.29) is 5.91 Å². The van der Waals surface area contributed by atoms with Gasteiger partial charge in [0, 0.05) is 17.5 Å². The fraction of sp³-hybridized carbons (Fsp3) is 0.267. The number of aliphatic carboxylic acids is 1. The summed E-state index contributed by atoms with van der Waals surface area (Å²) in [5.74, 6) is -1.48. The number of H-pyrrole nitrogens is 1. The average molecular weight is 285 g/mol. The third-order valence-electron chi connectivity index (χ3n) is 3.59. The number of para-hydroxylation sites is 1. The second-order valence-electron chi connectivity index (χ2n) is 5.24. The van der Waals surface area contributed by atoms with Crippen LogP contribution in [0.5, 0.6) is 0 Å². The number of anilines is 1. The van der Waals surface area contributed by atoms with Crippen molar-refractivity contribution in [2.45, 2.75) is 13.3 Å². The number of hydrogen-bond donors (Lipinski definition) is 3. The quantitative estimate of drug-likeness (QED) is 0.801. The molecule has 1 amide bonds. The summed E-state index contributed by atoms with van der Waals surface area (Å²) in [5, 5.41) is 11.7. The summed E-state index contributed by atoms with van der Waals surface area (Å²) in [6, 6.07) is 7.31. The van der Waals surface area contributed by atoms with Crippen LogP contribution in [-0.4, -0.2) is 27.0 Å². The molecule has 1 aliphatic rings. The van der Waals surface area contributed by atoms with Crippen LogP contribution in [0.1, 0.15) is 12.1 Å². The molecular weight excluding hydrogens is 270 g/mol. The lowest BCUT2D eigenvalue weighted by atomic mass is 10.1. The fourth-order valence-electron chi connectivity index (χ4n) is 2.33. The van der Waals surface area contributed by atoms with Gasteiger partial charge in [0.15, 0.2) is 0 Å². The van der Waals surface area contributed by atoms with Crippen LogP contribution in [0.15, 0.2) is 30.5 Å². The molecule has 1 fully saturated rings. The molecule has 1 aromatic carbocycles. The van der Waals surface area contributed by atoms with Gasteiger partial charge in [-0.25, -0.2) is 4.98 Å². The molecule has 0 spiro atoms. The maximum absolute atomic E-state index is 12.1. The summed E-state index contributed by atoms with van der Waals surface area (Å²) in [4.78, 5) is 30.3. The number of nitrogens with one attached hydrogen (secondary N) is 2. The number of carbonyl (C=O) groups is 2. The molecular formula is C15H15N3O3. The minimum absolute atomic E-state index is 0.252. The van der Waals surface area contributed by atoms with Crippen molar-refractivity contribution in [3.8, 4) is 11.4 Å². The number of hydrogen-bond acceptors (Lipinski definition) is 3. The summed E-state index contributed by atoms with van der Waals surface area (Å²) in [7, 11) is 0. The molecule has 0 saturated heterocycles. The lowest BCUT2D eigenvalue weighted by Crippen LogP contribution is -2.17. The lowest BCUT2D eigenvalue weighted by Gasteiger charge is -2.09. The number of aromatic nitrogens is 2. The van der Waals surface area contributed by atoms with Gasteiger partial charge in [-0.15, -0.1) is 0 Å². The molecule has 1 aromatic heterocycles. The number of carbonyl (C=O) groups excluding carboxylic acids is 1. The molecule has 3 rings (SSSR count). The van der Waals surface area contributed by atoms with Gasteiger partial charge in [-0.1, -0.05) is 12.1 Å². The van der Waals surface area contributed by atoms with Gasteiger partial charge in [-0.05, 0) is 25.5 Å². The van der Waals surface area contributed by atoms with Gasteiger partial charge in [-0.2, -0.15) is 0 Å². The van der Waals surface area contributed by atoms with Crippen molar-refractivity contribution in [3.05, 3.63) is 36.2 Å². The molecule has 108 valence electrons. The van der Waals surface area contributed by atoms with Gasteiger partial charge in [0.2, 0.25) is 5.91 Å². The molecule has 1 heterocycles. The first-order chi connectivity index (χ1) is 10.1. The third-order valence-corrected chi connectivity index (χ3v) is 3.59. The highest BCUT2D eigenvalue weighted by Crippen LogP contribution is 2.40. The Morgan fingerprint density at radius 2 is 2.10 bits per heavy atom. The Labute approximate surface area is 121 Å². The number of amides is 1. The monoisotopic (exact) mass is 285 g/mol. The van der Waals surface area contributed by atoms with E-state index in [4.69, 9.17) is 5.11 Å². The summed E-state index contributed by atoms with van der Waals surface area (Å²) in [6.45, 7) is 1.90. The molecule has 2 aromatic rings. The van der Waals surface area contributed by atoms with Crippen LogP contribution >= 0.6 is 0 Å². The standard InChI is InChI=1S/C15H15N3O3/c1-8-7-16-13(17-8)9-4-2-3-5-12(9)18-14(19)10-6-11(10)15(20)21/h2-5,7,10-11H,6H2,1H3,(H,16,17)(H,18,19)(H,20,21)/t10-,11-/m1/s1. The van der Waals surface area contributed by atoms with Crippen molar-refractivity contribution < 1.29 is 14.7 Å². The van der Waals surface area contributed by atoms with Gasteiger partial charge < -0.3 is 15.4 Å². The fourth-order valence-corrected chi connectivity index (χ4v) is 2.33. The first kappa shape index (κ1) is 13.4. The normalized spacial score (nSPS) is 20.0. The summed E-state index contributed by atoms with van der Waals surface area (Å²) in [5.41, 5.74) is 2.35. The van der Waals surface area contributed by atoms with Crippen LogP contribution < -0.4 is 5.32 Å². The predicted molar refractivity (Wildman–Crippen MR) is 76.6 cm³/mol. The Bertz CT molecular complexity index is 708. The zero-order valence-corrected chi connectivity index (χ0v) is 11.5. The number of carboxylic acids is 1. The van der Waals surface area contributed by atoms with Crippen LogP contribution in [0.25, 0.3) is 11.4 Å². The van der Waals surface area contributed by atoms with Gasteiger partial charge in [0.1, 0.15) is 5.82 Å². The molecule has 1 aliphatic carbocycles. The Balaban J connectivity index is 1.80. The maximum atomic E-state index is 12.1. The van der Waals surface area contributed by atoms with E-state index in [0.717, 1.165) is 11.3 Å². The largest absolute Gasteiger partial charge is 0.481 e. The van der Waals surface area contributed by atoms with Crippen molar-refractivity contribution in [1.82, 2.24) is 9.97 Å². The number of rotatable bonds is 4. The molecule has 3 N–H and O–H groups in total. The Morgan fingerprint density at radius 1 is 1.33 bits per heavy atom. The van der Waals surface area contributed by atoms with E-state index < -0.39 is 17.8 Å². The smallest absolute Gasteiger partial charge is 0.307 e. The van der Waals surface area contributed by atoms with E-state index in [1.54, 1.807) is 12.3 Å². The number of carboxylic acid groups (broad SMARTS) is 1. The van der Waals surface area contributed by atoms with Crippen LogP contribution in [0.2, 0.25) is 0 Å². The van der Waals surface area contributed by atoms with Crippen molar-refractivity contribution >= 4 is 17.6 Å². The highest BCUT2D eigenvalue weighted by atomic mass is 16.4. The molecule has 0 aliphatic heterocycles. The van der Waals surface area contributed by atoms with Crippen molar-refractivity contribution in [2.75, 3.05) is 5.32 Å². The molecule has 2 atom stereocenters. The number of aromatic amines is 1. The van der Waals surface area contributed by atoms with Crippen molar-refractivity contribution in [2.24, 2.45) is 11.8 Å². The molecule has 0 bridgehead atoms. The van der Waals surface area contributed by atoms with Crippen LogP contribution in [0.4, 0.5) is 5.69 Å². The van der Waals surface area contributed by atoms with Gasteiger partial charge in [0.05, 0.1) is 17.5 Å². The molecule has 0 unspecified atom stereocenters. The minimum Gasteiger partial charge on any atom is -0.481 e. The first-order valence-electron chi connectivity index (χ1n) is 6.71. The minimum atomic E-state index is -0.912. The van der Waals surface area contributed by atoms with Crippen LogP contribution in [0.3, 0.4) is 0 Å².